The van der Waals surface area contributed by atoms with Gasteiger partial charge in [-0.05, 0) is 37.3 Å². The van der Waals surface area contributed by atoms with Gasteiger partial charge in [0.15, 0.2) is 0 Å². The van der Waals surface area contributed by atoms with E-state index in [1.165, 1.54) is 35.0 Å². The minimum absolute atomic E-state index is 0.776. The molecule has 0 amide bonds. The Labute approximate surface area is 91.5 Å². The third-order valence-corrected chi connectivity index (χ3v) is 3.00. The molecule has 0 aliphatic rings. The molecule has 1 heterocycles. The second-order valence-corrected chi connectivity index (χ2v) is 4.71. The van der Waals surface area contributed by atoms with Crippen LogP contribution in [-0.4, -0.2) is 4.98 Å². The van der Waals surface area contributed by atoms with Crippen LogP contribution in [0.2, 0.25) is 0 Å². The predicted octanol–water partition coefficient (Wildman–Crippen LogP) is 4.06. The van der Waals surface area contributed by atoms with E-state index < -0.39 is 0 Å². The van der Waals surface area contributed by atoms with Crippen LogP contribution in [0.5, 0.6) is 0 Å². The van der Waals surface area contributed by atoms with Gasteiger partial charge in [-0.2, -0.15) is 0 Å². The van der Waals surface area contributed by atoms with Gasteiger partial charge >= 0.3 is 0 Å². The summed E-state index contributed by atoms with van der Waals surface area (Å²) in [5, 5.41) is 1.40. The number of H-pyrrole nitrogens is 1. The summed E-state index contributed by atoms with van der Waals surface area (Å²) in [4.78, 5) is 3.45. The van der Waals surface area contributed by atoms with Crippen molar-refractivity contribution in [1.82, 2.24) is 4.98 Å². The van der Waals surface area contributed by atoms with Crippen LogP contribution in [0.25, 0.3) is 10.9 Å². The van der Waals surface area contributed by atoms with Gasteiger partial charge in [0.25, 0.3) is 0 Å². The van der Waals surface area contributed by atoms with Crippen LogP contribution >= 0.6 is 0 Å². The molecular weight excluding hydrogens is 182 g/mol. The molecule has 1 nitrogen and oxygen atoms in total. The molecule has 1 N–H and O–H groups in total. The number of fused-ring (bicyclic) bond motifs is 1. The van der Waals surface area contributed by atoms with E-state index in [0.717, 1.165) is 5.92 Å². The first-order chi connectivity index (χ1) is 7.18. The molecule has 15 heavy (non-hydrogen) atoms. The molecule has 1 aromatic heterocycles. The van der Waals surface area contributed by atoms with Crippen molar-refractivity contribution in [3.63, 3.8) is 0 Å². The Morgan fingerprint density at radius 2 is 1.93 bits per heavy atom. The number of benzene rings is 1. The molecule has 0 unspecified atom stereocenters. The molecular formula is C14H19N. The number of nitrogens with one attached hydrogen (secondary N) is 1. The average molecular weight is 201 g/mol. The van der Waals surface area contributed by atoms with Crippen LogP contribution in [0, 0.1) is 12.8 Å². The normalized spacial score (nSPS) is 11.5. The lowest BCUT2D eigenvalue weighted by molar-refractivity contribution is 0.587. The summed E-state index contributed by atoms with van der Waals surface area (Å²) in [6.07, 6.45) is 2.45. The summed E-state index contributed by atoms with van der Waals surface area (Å²) in [7, 11) is 0. The van der Waals surface area contributed by atoms with E-state index in [9.17, 15) is 0 Å². The largest absolute Gasteiger partial charge is 0.358 e. The third-order valence-electron chi connectivity index (χ3n) is 3.00. The SMILES string of the molecule is Cc1[nH]c2ccccc2c1CCC(C)C. The molecule has 0 saturated heterocycles. The number of aromatic amines is 1. The van der Waals surface area contributed by atoms with Crippen molar-refractivity contribution in [2.45, 2.75) is 33.6 Å². The van der Waals surface area contributed by atoms with E-state index >= 15 is 0 Å². The van der Waals surface area contributed by atoms with Crippen LogP contribution < -0.4 is 0 Å². The standard InChI is InChI=1S/C14H19N/c1-10(2)8-9-12-11(3)15-14-7-5-4-6-13(12)14/h4-7,10,15H,8-9H2,1-3H3. The van der Waals surface area contributed by atoms with Crippen LogP contribution in [0.3, 0.4) is 0 Å². The van der Waals surface area contributed by atoms with Gasteiger partial charge in [-0.25, -0.2) is 0 Å². The highest BCUT2D eigenvalue weighted by atomic mass is 14.7. The van der Waals surface area contributed by atoms with E-state index in [1.54, 1.807) is 0 Å². The molecule has 2 rings (SSSR count). The Kier molecular flexibility index (Phi) is 2.81. The summed E-state index contributed by atoms with van der Waals surface area (Å²) in [5.74, 6) is 0.776. The summed E-state index contributed by atoms with van der Waals surface area (Å²) in [6.45, 7) is 6.74. The first-order valence-electron chi connectivity index (χ1n) is 5.74. The Morgan fingerprint density at radius 3 is 2.67 bits per heavy atom. The van der Waals surface area contributed by atoms with Gasteiger partial charge in [-0.15, -0.1) is 0 Å². The van der Waals surface area contributed by atoms with Gasteiger partial charge in [-0.1, -0.05) is 32.0 Å². The van der Waals surface area contributed by atoms with Crippen molar-refractivity contribution < 1.29 is 0 Å². The smallest absolute Gasteiger partial charge is 0.0458 e. The van der Waals surface area contributed by atoms with E-state index in [-0.39, 0.29) is 0 Å². The third kappa shape index (κ3) is 2.06. The number of aryl methyl sites for hydroxylation is 2. The monoisotopic (exact) mass is 201 g/mol. The first kappa shape index (κ1) is 10.3. The van der Waals surface area contributed by atoms with Crippen molar-refractivity contribution >= 4 is 10.9 Å². The van der Waals surface area contributed by atoms with Gasteiger partial charge in [0.05, 0.1) is 0 Å². The maximum absolute atomic E-state index is 3.45. The fourth-order valence-corrected chi connectivity index (χ4v) is 2.09. The summed E-state index contributed by atoms with van der Waals surface area (Å²) < 4.78 is 0. The van der Waals surface area contributed by atoms with Crippen molar-refractivity contribution in [2.75, 3.05) is 0 Å². The van der Waals surface area contributed by atoms with Crippen LogP contribution in [0.15, 0.2) is 24.3 Å². The maximum Gasteiger partial charge on any atom is 0.0458 e. The van der Waals surface area contributed by atoms with Gasteiger partial charge in [0, 0.05) is 16.6 Å². The molecule has 0 spiro atoms. The average Bonchev–Trinajstić information content (AvgIpc) is 2.50. The van der Waals surface area contributed by atoms with E-state index in [1.807, 2.05) is 0 Å². The zero-order chi connectivity index (χ0) is 10.8. The minimum atomic E-state index is 0.776. The van der Waals surface area contributed by atoms with E-state index in [4.69, 9.17) is 0 Å². The molecule has 0 aliphatic carbocycles. The molecule has 1 heteroatoms. The molecule has 0 radical (unpaired) electrons. The number of hydrogen-bond acceptors (Lipinski definition) is 0. The zero-order valence-corrected chi connectivity index (χ0v) is 9.80. The highest BCUT2D eigenvalue weighted by Gasteiger charge is 2.07. The fraction of sp³-hybridized carbons (Fsp3) is 0.429. The number of aromatic nitrogens is 1. The Hall–Kier alpha value is -1.24. The fourth-order valence-electron chi connectivity index (χ4n) is 2.09. The van der Waals surface area contributed by atoms with Crippen LogP contribution in [0.4, 0.5) is 0 Å². The lowest BCUT2D eigenvalue weighted by Gasteiger charge is -2.04. The Balaban J connectivity index is 2.36. The number of hydrogen-bond donors (Lipinski definition) is 1. The second kappa shape index (κ2) is 4.09. The van der Waals surface area contributed by atoms with Crippen molar-refractivity contribution in [2.24, 2.45) is 5.92 Å². The van der Waals surface area contributed by atoms with Crippen LogP contribution in [0.1, 0.15) is 31.5 Å². The lowest BCUT2D eigenvalue weighted by atomic mass is 10.0. The highest BCUT2D eigenvalue weighted by molar-refractivity contribution is 5.84. The predicted molar refractivity (Wildman–Crippen MR) is 66.2 cm³/mol. The van der Waals surface area contributed by atoms with E-state index in [2.05, 4.69) is 50.0 Å². The van der Waals surface area contributed by atoms with Crippen molar-refractivity contribution in [3.8, 4) is 0 Å². The van der Waals surface area contributed by atoms with Crippen molar-refractivity contribution in [3.05, 3.63) is 35.5 Å². The summed E-state index contributed by atoms with van der Waals surface area (Å²) >= 11 is 0. The highest BCUT2D eigenvalue weighted by Crippen LogP contribution is 2.23. The first-order valence-corrected chi connectivity index (χ1v) is 5.74. The maximum atomic E-state index is 3.45. The number of para-hydroxylation sites is 1. The lowest BCUT2D eigenvalue weighted by Crippen LogP contribution is -1.92. The molecule has 2 aromatic rings. The van der Waals surface area contributed by atoms with Gasteiger partial charge in [0.2, 0.25) is 0 Å². The van der Waals surface area contributed by atoms with Gasteiger partial charge < -0.3 is 4.98 Å². The summed E-state index contributed by atoms with van der Waals surface area (Å²) in [6, 6.07) is 8.58. The minimum Gasteiger partial charge on any atom is -0.358 e. The quantitative estimate of drug-likeness (QED) is 0.770. The Bertz CT molecular complexity index is 451. The Morgan fingerprint density at radius 1 is 1.20 bits per heavy atom. The molecule has 0 aliphatic heterocycles. The van der Waals surface area contributed by atoms with Gasteiger partial charge in [0.1, 0.15) is 0 Å². The van der Waals surface area contributed by atoms with Crippen LogP contribution in [-0.2, 0) is 6.42 Å². The second-order valence-electron chi connectivity index (χ2n) is 4.71. The number of rotatable bonds is 3. The summed E-state index contributed by atoms with van der Waals surface area (Å²) in [5.41, 5.74) is 4.10. The van der Waals surface area contributed by atoms with E-state index in [0.29, 0.717) is 0 Å². The molecule has 0 saturated carbocycles. The van der Waals surface area contributed by atoms with Crippen molar-refractivity contribution in [1.29, 1.82) is 0 Å². The van der Waals surface area contributed by atoms with Gasteiger partial charge in [-0.3, -0.25) is 0 Å². The molecule has 1 aromatic carbocycles. The molecule has 80 valence electrons. The molecule has 0 fully saturated rings. The zero-order valence-electron chi connectivity index (χ0n) is 9.80. The molecule has 0 bridgehead atoms. The topological polar surface area (TPSA) is 15.8 Å². The molecule has 0 atom stereocenters.